The Balaban J connectivity index is 1.92. The molecule has 0 bridgehead atoms. The Morgan fingerprint density at radius 2 is 1.96 bits per heavy atom. The maximum atomic E-state index is 5.24. The fourth-order valence-electron chi connectivity index (χ4n) is 2.48. The molecule has 0 amide bonds. The van der Waals surface area contributed by atoms with Gasteiger partial charge in [-0.05, 0) is 56.4 Å². The van der Waals surface area contributed by atoms with E-state index in [0.29, 0.717) is 11.7 Å². The second-order valence-corrected chi connectivity index (χ2v) is 5.93. The summed E-state index contributed by atoms with van der Waals surface area (Å²) in [5.41, 5.74) is 7.07. The maximum absolute atomic E-state index is 5.24. The molecule has 2 rings (SSSR count). The normalized spacial score (nSPS) is 10.9. The van der Waals surface area contributed by atoms with Gasteiger partial charge in [-0.2, -0.15) is 5.10 Å². The van der Waals surface area contributed by atoms with Crippen LogP contribution in [0, 0.1) is 13.8 Å². The predicted octanol–water partition coefficient (Wildman–Crippen LogP) is 3.08. The summed E-state index contributed by atoms with van der Waals surface area (Å²) in [6, 6.07) is 9.60. The molecule has 6 nitrogen and oxygen atoms in total. The van der Waals surface area contributed by atoms with E-state index in [0.717, 1.165) is 29.2 Å². The first-order valence-electron chi connectivity index (χ1n) is 7.95. The van der Waals surface area contributed by atoms with Crippen LogP contribution >= 0.6 is 12.2 Å². The summed E-state index contributed by atoms with van der Waals surface area (Å²) in [5.74, 6) is 0.797. The molecule has 134 valence electrons. The first-order valence-corrected chi connectivity index (χ1v) is 8.35. The lowest BCUT2D eigenvalue weighted by molar-refractivity contribution is 0.186. The van der Waals surface area contributed by atoms with Crippen molar-refractivity contribution in [2.45, 2.75) is 20.4 Å². The third-order valence-electron chi connectivity index (χ3n) is 3.85. The molecule has 2 N–H and O–H groups in total. The summed E-state index contributed by atoms with van der Waals surface area (Å²) in [6.45, 7) is 5.65. The number of benzene rings is 1. The van der Waals surface area contributed by atoms with Gasteiger partial charge < -0.3 is 19.4 Å². The number of aryl methyl sites for hydroxylation is 1. The van der Waals surface area contributed by atoms with Crippen molar-refractivity contribution in [2.75, 3.05) is 26.1 Å². The average Bonchev–Trinajstić information content (AvgIpc) is 2.87. The topological polar surface area (TPSA) is 59.8 Å². The van der Waals surface area contributed by atoms with E-state index in [2.05, 4.69) is 40.3 Å². The summed E-state index contributed by atoms with van der Waals surface area (Å²) in [5, 5.41) is 7.71. The Hall–Kier alpha value is -2.38. The van der Waals surface area contributed by atoms with Crippen LogP contribution in [0.3, 0.4) is 0 Å². The van der Waals surface area contributed by atoms with Gasteiger partial charge in [0.25, 0.3) is 0 Å². The van der Waals surface area contributed by atoms with Crippen molar-refractivity contribution < 1.29 is 9.47 Å². The zero-order valence-electron chi connectivity index (χ0n) is 15.0. The van der Waals surface area contributed by atoms with E-state index >= 15 is 0 Å². The third kappa shape index (κ3) is 5.30. The molecule has 1 aromatic heterocycles. The number of thiocarbonyl (C=S) groups is 1. The number of nitrogens with zero attached hydrogens (tertiary/aromatic N) is 2. The number of methoxy groups -OCH3 is 2. The molecule has 0 atom stereocenters. The molecule has 0 unspecified atom stereocenters. The summed E-state index contributed by atoms with van der Waals surface area (Å²) in [6.07, 6.45) is 1.77. The minimum atomic E-state index is 0.426. The number of hydrazone groups is 1. The lowest BCUT2D eigenvalue weighted by Gasteiger charge is -2.08. The molecule has 0 aliphatic carbocycles. The minimum absolute atomic E-state index is 0.426. The Morgan fingerprint density at radius 3 is 2.60 bits per heavy atom. The van der Waals surface area contributed by atoms with Crippen LogP contribution in [0.4, 0.5) is 5.69 Å². The molecule has 1 aromatic carbocycles. The summed E-state index contributed by atoms with van der Waals surface area (Å²) in [7, 11) is 3.34. The highest BCUT2D eigenvalue weighted by Crippen LogP contribution is 2.15. The zero-order chi connectivity index (χ0) is 18.2. The van der Waals surface area contributed by atoms with Crippen molar-refractivity contribution in [2.24, 2.45) is 5.10 Å². The number of aromatic nitrogens is 1. The van der Waals surface area contributed by atoms with Crippen molar-refractivity contribution in [1.29, 1.82) is 0 Å². The summed E-state index contributed by atoms with van der Waals surface area (Å²) >= 11 is 5.24. The van der Waals surface area contributed by atoms with Gasteiger partial charge in [-0.25, -0.2) is 0 Å². The molecule has 0 fully saturated rings. The second-order valence-electron chi connectivity index (χ2n) is 5.52. The van der Waals surface area contributed by atoms with Gasteiger partial charge in [0.15, 0.2) is 5.11 Å². The van der Waals surface area contributed by atoms with Crippen LogP contribution in [-0.2, 0) is 11.3 Å². The van der Waals surface area contributed by atoms with Crippen LogP contribution in [0.25, 0.3) is 0 Å². The van der Waals surface area contributed by atoms with Gasteiger partial charge in [0.05, 0.1) is 19.9 Å². The van der Waals surface area contributed by atoms with E-state index in [9.17, 15) is 0 Å². The van der Waals surface area contributed by atoms with E-state index in [-0.39, 0.29) is 0 Å². The van der Waals surface area contributed by atoms with Gasteiger partial charge in [0.1, 0.15) is 5.75 Å². The van der Waals surface area contributed by atoms with E-state index in [1.54, 1.807) is 20.4 Å². The van der Waals surface area contributed by atoms with E-state index in [4.69, 9.17) is 21.7 Å². The van der Waals surface area contributed by atoms with Crippen LogP contribution in [0.2, 0.25) is 0 Å². The molecular weight excluding hydrogens is 336 g/mol. The first kappa shape index (κ1) is 19.0. The molecule has 0 saturated heterocycles. The van der Waals surface area contributed by atoms with Gasteiger partial charge >= 0.3 is 0 Å². The first-order chi connectivity index (χ1) is 12.0. The van der Waals surface area contributed by atoms with E-state index in [1.807, 2.05) is 24.3 Å². The Labute approximate surface area is 153 Å². The number of rotatable bonds is 7. The molecular formula is C18H24N4O2S. The van der Waals surface area contributed by atoms with E-state index in [1.165, 1.54) is 5.69 Å². The van der Waals surface area contributed by atoms with Gasteiger partial charge in [0, 0.05) is 36.3 Å². The van der Waals surface area contributed by atoms with Crippen molar-refractivity contribution in [1.82, 2.24) is 9.99 Å². The fourth-order valence-corrected chi connectivity index (χ4v) is 2.65. The minimum Gasteiger partial charge on any atom is -0.497 e. The van der Waals surface area contributed by atoms with Crippen LogP contribution < -0.4 is 15.5 Å². The number of anilines is 1. The highest BCUT2D eigenvalue weighted by molar-refractivity contribution is 7.80. The number of nitrogens with one attached hydrogen (secondary N) is 2. The SMILES string of the molecule is COCCn1c(C)cc(/C=N/NC(=S)Nc2ccc(OC)cc2)c1C. The molecule has 0 aliphatic rings. The van der Waals surface area contributed by atoms with Crippen LogP contribution in [0.1, 0.15) is 17.0 Å². The summed E-state index contributed by atoms with van der Waals surface area (Å²) < 4.78 is 12.5. The van der Waals surface area contributed by atoms with Crippen molar-refractivity contribution in [3.63, 3.8) is 0 Å². The average molecular weight is 360 g/mol. The predicted molar refractivity (Wildman–Crippen MR) is 106 cm³/mol. The van der Waals surface area contributed by atoms with Crippen LogP contribution in [0.5, 0.6) is 5.75 Å². The highest BCUT2D eigenvalue weighted by Gasteiger charge is 2.07. The third-order valence-corrected chi connectivity index (χ3v) is 4.04. The number of ether oxygens (including phenoxy) is 2. The lowest BCUT2D eigenvalue weighted by atomic mass is 10.3. The van der Waals surface area contributed by atoms with Crippen molar-refractivity contribution in [3.05, 3.63) is 47.3 Å². The smallest absolute Gasteiger partial charge is 0.191 e. The standard InChI is InChI=1S/C18H24N4O2S/c1-13-11-15(14(2)22(13)9-10-23-3)12-19-21-18(25)20-16-5-7-17(24-4)8-6-16/h5-8,11-12H,9-10H2,1-4H3,(H2,20,21,25)/b19-12+. The quantitative estimate of drug-likeness (QED) is 0.451. The van der Waals surface area contributed by atoms with Gasteiger partial charge in [-0.3, -0.25) is 5.43 Å². The second kappa shape index (κ2) is 9.19. The van der Waals surface area contributed by atoms with Gasteiger partial charge in [-0.1, -0.05) is 0 Å². The monoisotopic (exact) mass is 360 g/mol. The Morgan fingerprint density at radius 1 is 1.24 bits per heavy atom. The van der Waals surface area contributed by atoms with Gasteiger partial charge in [0.2, 0.25) is 0 Å². The van der Waals surface area contributed by atoms with Crippen LogP contribution in [0.15, 0.2) is 35.4 Å². The lowest BCUT2D eigenvalue weighted by Crippen LogP contribution is -2.23. The maximum Gasteiger partial charge on any atom is 0.191 e. The Bertz CT molecular complexity index is 738. The number of hydrogen-bond donors (Lipinski definition) is 2. The van der Waals surface area contributed by atoms with Crippen molar-refractivity contribution >= 4 is 29.2 Å². The van der Waals surface area contributed by atoms with Crippen molar-refractivity contribution in [3.8, 4) is 5.75 Å². The largest absolute Gasteiger partial charge is 0.497 e. The molecule has 0 radical (unpaired) electrons. The molecule has 0 spiro atoms. The molecule has 7 heteroatoms. The van der Waals surface area contributed by atoms with Gasteiger partial charge in [-0.15, -0.1) is 0 Å². The molecule has 1 heterocycles. The highest BCUT2D eigenvalue weighted by atomic mass is 32.1. The molecule has 2 aromatic rings. The summed E-state index contributed by atoms with van der Waals surface area (Å²) in [4.78, 5) is 0. The molecule has 0 saturated carbocycles. The molecule has 25 heavy (non-hydrogen) atoms. The fraction of sp³-hybridized carbons (Fsp3) is 0.333. The van der Waals surface area contributed by atoms with Crippen LogP contribution in [-0.4, -0.2) is 36.7 Å². The molecule has 0 aliphatic heterocycles. The zero-order valence-corrected chi connectivity index (χ0v) is 15.8. The number of hydrogen-bond acceptors (Lipinski definition) is 4. The van der Waals surface area contributed by atoms with E-state index < -0.39 is 0 Å². The Kier molecular flexibility index (Phi) is 6.97.